The van der Waals surface area contributed by atoms with Crippen LogP contribution in [0.4, 0.5) is 4.79 Å². The molecule has 2 fully saturated rings. The van der Waals surface area contributed by atoms with E-state index in [0.29, 0.717) is 18.8 Å². The summed E-state index contributed by atoms with van der Waals surface area (Å²) in [5.74, 6) is 1.15. The highest BCUT2D eigenvalue weighted by atomic mass is 16.5. The van der Waals surface area contributed by atoms with E-state index in [-0.39, 0.29) is 18.0 Å². The molecule has 1 aromatic rings. The van der Waals surface area contributed by atoms with Crippen LogP contribution in [0.1, 0.15) is 51.0 Å². The topological polar surface area (TPSA) is 67.4 Å². The summed E-state index contributed by atoms with van der Waals surface area (Å²) < 4.78 is 5.66. The van der Waals surface area contributed by atoms with E-state index < -0.39 is 5.54 Å². The zero-order valence-electron chi connectivity index (χ0n) is 13.0. The van der Waals surface area contributed by atoms with Gasteiger partial charge in [0.1, 0.15) is 11.3 Å². The fraction of sp³-hybridized carbons (Fsp3) is 0.529. The minimum absolute atomic E-state index is 0.170. The van der Waals surface area contributed by atoms with Crippen molar-refractivity contribution >= 4 is 11.9 Å². The lowest BCUT2D eigenvalue weighted by Gasteiger charge is -2.34. The molecule has 0 radical (unpaired) electrons. The summed E-state index contributed by atoms with van der Waals surface area (Å²) in [5.41, 5.74) is 0.601. The summed E-state index contributed by atoms with van der Waals surface area (Å²) in [6, 6.07) is 7.85. The van der Waals surface area contributed by atoms with Crippen molar-refractivity contribution in [1.29, 1.82) is 0 Å². The Hall–Kier alpha value is -2.04. The molecule has 0 unspecified atom stereocenters. The average Bonchev–Trinajstić information content (AvgIpc) is 2.74. The molecule has 0 aromatic heterocycles. The third-order valence-electron chi connectivity index (χ3n) is 4.58. The Morgan fingerprint density at radius 2 is 1.77 bits per heavy atom. The van der Waals surface area contributed by atoms with Gasteiger partial charge in [-0.05, 0) is 63.1 Å². The number of carbonyl (C=O) groups is 2. The highest BCUT2D eigenvalue weighted by Crippen LogP contribution is 2.39. The normalized spacial score (nSPS) is 27.9. The largest absolute Gasteiger partial charge is 0.491 e. The Morgan fingerprint density at radius 3 is 2.27 bits per heavy atom. The fourth-order valence-corrected chi connectivity index (χ4v) is 3.41. The monoisotopic (exact) mass is 302 g/mol. The molecule has 1 spiro atoms. The summed E-state index contributed by atoms with van der Waals surface area (Å²) in [5, 5.41) is 5.15. The maximum absolute atomic E-state index is 11.9. The van der Waals surface area contributed by atoms with E-state index in [1.807, 2.05) is 26.0 Å². The van der Waals surface area contributed by atoms with Crippen molar-refractivity contribution < 1.29 is 14.3 Å². The van der Waals surface area contributed by atoms with Crippen LogP contribution in [-0.2, 0) is 4.79 Å². The van der Waals surface area contributed by atoms with Crippen molar-refractivity contribution in [1.82, 2.24) is 10.6 Å². The second-order valence-electron chi connectivity index (χ2n) is 6.50. The van der Waals surface area contributed by atoms with Gasteiger partial charge in [-0.1, -0.05) is 12.1 Å². The van der Waals surface area contributed by atoms with E-state index in [9.17, 15) is 9.59 Å². The van der Waals surface area contributed by atoms with Gasteiger partial charge in [-0.3, -0.25) is 10.1 Å². The number of hydrogen-bond donors (Lipinski definition) is 2. The Morgan fingerprint density at radius 1 is 1.14 bits per heavy atom. The summed E-state index contributed by atoms with van der Waals surface area (Å²) in [6.45, 7) is 4.02. The molecule has 3 amide bonds. The number of imide groups is 1. The van der Waals surface area contributed by atoms with Crippen LogP contribution >= 0.6 is 0 Å². The van der Waals surface area contributed by atoms with Gasteiger partial charge in [-0.25, -0.2) is 4.79 Å². The molecule has 5 nitrogen and oxygen atoms in total. The van der Waals surface area contributed by atoms with Gasteiger partial charge >= 0.3 is 6.03 Å². The van der Waals surface area contributed by atoms with Crippen LogP contribution in [0.3, 0.4) is 0 Å². The van der Waals surface area contributed by atoms with E-state index >= 15 is 0 Å². The lowest BCUT2D eigenvalue weighted by atomic mass is 9.74. The number of carbonyl (C=O) groups excluding carboxylic acids is 2. The van der Waals surface area contributed by atoms with Crippen molar-refractivity contribution in [2.45, 2.75) is 57.1 Å². The average molecular weight is 302 g/mol. The Bertz CT molecular complexity index is 572. The number of urea groups is 1. The molecule has 22 heavy (non-hydrogen) atoms. The molecule has 1 aliphatic heterocycles. The molecule has 2 N–H and O–H groups in total. The molecule has 2 aliphatic rings. The standard InChI is InChI=1S/C17H22N2O3/c1-11(2)22-14-5-3-12(4-6-14)13-7-9-17(10-8-13)15(20)18-16(21)19-17/h3-6,11,13H,7-10H2,1-2H3,(H2,18,19,20,21)/t13-,17+. The van der Waals surface area contributed by atoms with Crippen molar-refractivity contribution in [3.63, 3.8) is 0 Å². The lowest BCUT2D eigenvalue weighted by molar-refractivity contribution is -0.125. The first-order valence-corrected chi connectivity index (χ1v) is 7.89. The second-order valence-corrected chi connectivity index (χ2v) is 6.50. The van der Waals surface area contributed by atoms with Crippen LogP contribution < -0.4 is 15.4 Å². The first-order chi connectivity index (χ1) is 10.5. The highest BCUT2D eigenvalue weighted by molar-refractivity contribution is 6.07. The SMILES string of the molecule is CC(C)Oc1ccc([C@H]2CC[C@]3(CC2)NC(=O)NC3=O)cc1. The third kappa shape index (κ3) is 2.80. The van der Waals surface area contributed by atoms with Gasteiger partial charge in [0.2, 0.25) is 0 Å². The number of hydrogen-bond acceptors (Lipinski definition) is 3. The molecule has 3 rings (SSSR count). The molecule has 1 aromatic carbocycles. The number of ether oxygens (including phenoxy) is 1. The number of rotatable bonds is 3. The van der Waals surface area contributed by atoms with E-state index in [1.165, 1.54) is 5.56 Å². The highest BCUT2D eigenvalue weighted by Gasteiger charge is 2.48. The fourth-order valence-electron chi connectivity index (χ4n) is 3.41. The van der Waals surface area contributed by atoms with E-state index in [0.717, 1.165) is 18.6 Å². The first kappa shape index (κ1) is 14.9. The van der Waals surface area contributed by atoms with Gasteiger partial charge in [-0.15, -0.1) is 0 Å². The first-order valence-electron chi connectivity index (χ1n) is 7.89. The quantitative estimate of drug-likeness (QED) is 0.844. The molecule has 1 saturated heterocycles. The third-order valence-corrected chi connectivity index (χ3v) is 4.58. The smallest absolute Gasteiger partial charge is 0.322 e. The maximum Gasteiger partial charge on any atom is 0.322 e. The summed E-state index contributed by atoms with van der Waals surface area (Å²) in [4.78, 5) is 23.3. The molecular formula is C17H22N2O3. The number of amides is 3. The Balaban J connectivity index is 1.64. The number of nitrogens with one attached hydrogen (secondary N) is 2. The van der Waals surface area contributed by atoms with Gasteiger partial charge in [-0.2, -0.15) is 0 Å². The van der Waals surface area contributed by atoms with E-state index in [1.54, 1.807) is 0 Å². The summed E-state index contributed by atoms with van der Waals surface area (Å²) >= 11 is 0. The van der Waals surface area contributed by atoms with Gasteiger partial charge in [0.15, 0.2) is 0 Å². The van der Waals surface area contributed by atoms with Crippen LogP contribution in [0.25, 0.3) is 0 Å². The van der Waals surface area contributed by atoms with E-state index in [2.05, 4.69) is 22.8 Å². The minimum Gasteiger partial charge on any atom is -0.491 e. The molecule has 1 saturated carbocycles. The Labute approximate surface area is 130 Å². The zero-order valence-corrected chi connectivity index (χ0v) is 13.0. The molecule has 118 valence electrons. The van der Waals surface area contributed by atoms with Gasteiger partial charge < -0.3 is 10.1 Å². The molecule has 5 heteroatoms. The van der Waals surface area contributed by atoms with Crippen LogP contribution in [0, 0.1) is 0 Å². The lowest BCUT2D eigenvalue weighted by Crippen LogP contribution is -2.49. The number of benzene rings is 1. The minimum atomic E-state index is -0.672. The van der Waals surface area contributed by atoms with Crippen LogP contribution in [0.15, 0.2) is 24.3 Å². The van der Waals surface area contributed by atoms with Crippen LogP contribution in [-0.4, -0.2) is 23.6 Å². The van der Waals surface area contributed by atoms with E-state index in [4.69, 9.17) is 4.74 Å². The zero-order chi connectivity index (χ0) is 15.7. The molecule has 0 atom stereocenters. The summed E-state index contributed by atoms with van der Waals surface area (Å²) in [6.07, 6.45) is 3.36. The van der Waals surface area contributed by atoms with Crippen molar-refractivity contribution in [2.24, 2.45) is 0 Å². The predicted octanol–water partition coefficient (Wildman–Crippen LogP) is 2.71. The molecule has 0 bridgehead atoms. The van der Waals surface area contributed by atoms with Crippen molar-refractivity contribution in [2.75, 3.05) is 0 Å². The summed E-state index contributed by atoms with van der Waals surface area (Å²) in [7, 11) is 0. The van der Waals surface area contributed by atoms with Gasteiger partial charge in [0.05, 0.1) is 6.10 Å². The maximum atomic E-state index is 11.9. The van der Waals surface area contributed by atoms with Crippen LogP contribution in [0.5, 0.6) is 5.75 Å². The molecular weight excluding hydrogens is 280 g/mol. The van der Waals surface area contributed by atoms with Crippen LogP contribution in [0.2, 0.25) is 0 Å². The Kier molecular flexibility index (Phi) is 3.81. The van der Waals surface area contributed by atoms with Gasteiger partial charge in [0.25, 0.3) is 5.91 Å². The molecule has 1 aliphatic carbocycles. The van der Waals surface area contributed by atoms with Crippen molar-refractivity contribution in [3.8, 4) is 5.75 Å². The molecule has 1 heterocycles. The second kappa shape index (κ2) is 5.63. The predicted molar refractivity (Wildman–Crippen MR) is 82.8 cm³/mol. The van der Waals surface area contributed by atoms with Crippen molar-refractivity contribution in [3.05, 3.63) is 29.8 Å². The van der Waals surface area contributed by atoms with Gasteiger partial charge in [0, 0.05) is 0 Å².